The Morgan fingerprint density at radius 2 is 2.18 bits per heavy atom. The number of hydrogen-bond acceptors (Lipinski definition) is 4. The molecule has 1 atom stereocenters. The summed E-state index contributed by atoms with van der Waals surface area (Å²) in [5.41, 5.74) is 5.59. The Morgan fingerprint density at radius 3 is 2.59 bits per heavy atom. The number of rotatable bonds is 3. The van der Waals surface area contributed by atoms with Crippen molar-refractivity contribution >= 4 is 6.09 Å². The van der Waals surface area contributed by atoms with Gasteiger partial charge in [-0.05, 0) is 24.0 Å². The number of aromatic hydroxyl groups is 1. The van der Waals surface area contributed by atoms with Gasteiger partial charge in [0, 0.05) is 0 Å². The molecular weight excluding hydrogens is 220 g/mol. The molecule has 3 N–H and O–H groups in total. The highest BCUT2D eigenvalue weighted by Crippen LogP contribution is 2.31. The van der Waals surface area contributed by atoms with E-state index in [1.54, 1.807) is 6.07 Å². The van der Waals surface area contributed by atoms with Gasteiger partial charge < -0.3 is 15.6 Å². The van der Waals surface area contributed by atoms with Gasteiger partial charge in [-0.2, -0.15) is 0 Å². The molecule has 0 fully saturated rings. The third-order valence-corrected chi connectivity index (χ3v) is 2.16. The first-order valence-corrected chi connectivity index (χ1v) is 5.39. The average molecular weight is 238 g/mol. The summed E-state index contributed by atoms with van der Waals surface area (Å²) in [7, 11) is 0. The Bertz CT molecular complexity index is 382. The first kappa shape index (κ1) is 13.3. The molecule has 0 saturated heterocycles. The van der Waals surface area contributed by atoms with Crippen LogP contribution >= 0.6 is 0 Å². The zero-order valence-corrected chi connectivity index (χ0v) is 10.3. The molecule has 0 bridgehead atoms. The zero-order chi connectivity index (χ0) is 13.1. The van der Waals surface area contributed by atoms with E-state index in [9.17, 15) is 4.79 Å². The highest BCUT2D eigenvalue weighted by Gasteiger charge is 2.24. The molecule has 1 aromatic rings. The maximum Gasteiger partial charge on any atom is 0.405 e. The lowest BCUT2D eigenvalue weighted by Crippen LogP contribution is -2.22. The van der Waals surface area contributed by atoms with Crippen molar-refractivity contribution < 1.29 is 14.6 Å². The van der Waals surface area contributed by atoms with E-state index in [-0.39, 0.29) is 11.2 Å². The predicted molar refractivity (Wildman–Crippen MR) is 63.4 cm³/mol. The van der Waals surface area contributed by atoms with Gasteiger partial charge in [0.05, 0.1) is 11.9 Å². The Balaban J connectivity index is 2.89. The molecule has 5 heteroatoms. The smallest absolute Gasteiger partial charge is 0.405 e. The molecule has 5 nitrogen and oxygen atoms in total. The molecule has 1 rings (SSSR count). The fraction of sp³-hybridized carbons (Fsp3) is 0.500. The number of hydrogen-bond donors (Lipinski definition) is 2. The number of primary amides is 1. The van der Waals surface area contributed by atoms with Crippen LogP contribution in [0.15, 0.2) is 18.3 Å². The van der Waals surface area contributed by atoms with E-state index in [4.69, 9.17) is 15.6 Å². The van der Waals surface area contributed by atoms with Gasteiger partial charge in [-0.1, -0.05) is 20.8 Å². The molecule has 0 spiro atoms. The largest absolute Gasteiger partial charge is 0.506 e. The van der Waals surface area contributed by atoms with Crippen molar-refractivity contribution in [3.8, 4) is 5.75 Å². The van der Waals surface area contributed by atoms with Crippen LogP contribution < -0.4 is 5.73 Å². The molecule has 0 aliphatic rings. The topological polar surface area (TPSA) is 85.4 Å². The number of nitrogens with two attached hydrogens (primary N) is 1. The summed E-state index contributed by atoms with van der Waals surface area (Å²) in [4.78, 5) is 14.9. The summed E-state index contributed by atoms with van der Waals surface area (Å²) < 4.78 is 5.05. The molecule has 1 aromatic heterocycles. The third-order valence-electron chi connectivity index (χ3n) is 2.16. The molecule has 0 unspecified atom stereocenters. The number of amides is 1. The van der Waals surface area contributed by atoms with Crippen LogP contribution in [0, 0.1) is 5.41 Å². The van der Waals surface area contributed by atoms with Crippen LogP contribution in [0.3, 0.4) is 0 Å². The molecule has 94 valence electrons. The first-order valence-electron chi connectivity index (χ1n) is 5.39. The van der Waals surface area contributed by atoms with E-state index in [0.717, 1.165) is 0 Å². The van der Waals surface area contributed by atoms with Gasteiger partial charge in [-0.25, -0.2) is 4.79 Å². The van der Waals surface area contributed by atoms with Crippen LogP contribution in [0.4, 0.5) is 4.79 Å². The lowest BCUT2D eigenvalue weighted by Gasteiger charge is -2.24. The Kier molecular flexibility index (Phi) is 3.93. The van der Waals surface area contributed by atoms with E-state index in [1.165, 1.54) is 12.3 Å². The number of ether oxygens (including phenoxy) is 1. The van der Waals surface area contributed by atoms with Crippen molar-refractivity contribution in [3.05, 3.63) is 24.0 Å². The highest BCUT2D eigenvalue weighted by molar-refractivity contribution is 5.65. The summed E-state index contributed by atoms with van der Waals surface area (Å²) in [5.74, 6) is 0.0716. The SMILES string of the molecule is CC(C)(C)C[C@H](OC(N)=O)c1ccc(O)cn1. The maximum absolute atomic E-state index is 10.9. The Morgan fingerprint density at radius 1 is 1.53 bits per heavy atom. The van der Waals surface area contributed by atoms with Crippen LogP contribution in [-0.2, 0) is 4.74 Å². The predicted octanol–water partition coefficient (Wildman–Crippen LogP) is 2.36. The van der Waals surface area contributed by atoms with Crippen molar-refractivity contribution in [2.24, 2.45) is 11.1 Å². The molecule has 0 saturated carbocycles. The van der Waals surface area contributed by atoms with Gasteiger partial charge in [0.25, 0.3) is 0 Å². The lowest BCUT2D eigenvalue weighted by atomic mass is 9.88. The Hall–Kier alpha value is -1.78. The van der Waals surface area contributed by atoms with E-state index in [2.05, 4.69) is 4.98 Å². The van der Waals surface area contributed by atoms with E-state index in [1.807, 2.05) is 20.8 Å². The normalized spacial score (nSPS) is 13.1. The second-order valence-electron chi connectivity index (χ2n) is 5.13. The van der Waals surface area contributed by atoms with Crippen LogP contribution in [0.5, 0.6) is 5.75 Å². The molecule has 1 amide bonds. The number of aromatic nitrogens is 1. The summed E-state index contributed by atoms with van der Waals surface area (Å²) >= 11 is 0. The van der Waals surface area contributed by atoms with Crippen molar-refractivity contribution in [1.29, 1.82) is 0 Å². The first-order chi connectivity index (χ1) is 7.78. The maximum atomic E-state index is 10.9. The van der Waals surface area contributed by atoms with Crippen LogP contribution in [0.25, 0.3) is 0 Å². The Labute approximate surface area is 101 Å². The van der Waals surface area contributed by atoms with Gasteiger partial charge >= 0.3 is 6.09 Å². The van der Waals surface area contributed by atoms with Crippen LogP contribution in [0.2, 0.25) is 0 Å². The van der Waals surface area contributed by atoms with Gasteiger partial charge in [-0.3, -0.25) is 4.98 Å². The second kappa shape index (κ2) is 5.03. The minimum atomic E-state index is -0.825. The van der Waals surface area contributed by atoms with E-state index < -0.39 is 12.2 Å². The van der Waals surface area contributed by atoms with Crippen LogP contribution in [-0.4, -0.2) is 16.2 Å². The second-order valence-corrected chi connectivity index (χ2v) is 5.13. The van der Waals surface area contributed by atoms with Crippen molar-refractivity contribution in [2.45, 2.75) is 33.3 Å². The van der Waals surface area contributed by atoms with E-state index >= 15 is 0 Å². The average Bonchev–Trinajstić information content (AvgIpc) is 2.14. The summed E-state index contributed by atoms with van der Waals surface area (Å²) in [6, 6.07) is 3.12. The fourth-order valence-corrected chi connectivity index (χ4v) is 1.49. The van der Waals surface area contributed by atoms with Gasteiger partial charge in [0.15, 0.2) is 0 Å². The molecule has 0 aromatic carbocycles. The monoisotopic (exact) mass is 238 g/mol. The molecule has 0 radical (unpaired) electrons. The van der Waals surface area contributed by atoms with Gasteiger partial charge in [0.2, 0.25) is 0 Å². The highest BCUT2D eigenvalue weighted by atomic mass is 16.6. The van der Waals surface area contributed by atoms with Gasteiger partial charge in [0.1, 0.15) is 11.9 Å². The van der Waals surface area contributed by atoms with Crippen molar-refractivity contribution in [3.63, 3.8) is 0 Å². The number of pyridine rings is 1. The fourth-order valence-electron chi connectivity index (χ4n) is 1.49. The minimum Gasteiger partial charge on any atom is -0.506 e. The molecular formula is C12H18N2O3. The summed E-state index contributed by atoms with van der Waals surface area (Å²) in [6.45, 7) is 6.10. The third kappa shape index (κ3) is 4.72. The number of nitrogens with zero attached hydrogens (tertiary/aromatic N) is 1. The molecule has 17 heavy (non-hydrogen) atoms. The standard InChI is InChI=1S/C12H18N2O3/c1-12(2,3)6-10(17-11(13)16)9-5-4-8(15)7-14-9/h4-5,7,10,15H,6H2,1-3H3,(H2,13,16)/t10-/m0/s1. The molecule has 1 heterocycles. The van der Waals surface area contributed by atoms with Crippen molar-refractivity contribution in [1.82, 2.24) is 4.98 Å². The van der Waals surface area contributed by atoms with Gasteiger partial charge in [-0.15, -0.1) is 0 Å². The number of carbonyl (C=O) groups excluding carboxylic acids is 1. The van der Waals surface area contributed by atoms with E-state index in [0.29, 0.717) is 12.1 Å². The summed E-state index contributed by atoms with van der Waals surface area (Å²) in [6.07, 6.45) is 0.602. The molecule has 0 aliphatic carbocycles. The zero-order valence-electron chi connectivity index (χ0n) is 10.3. The summed E-state index contributed by atoms with van der Waals surface area (Å²) in [5, 5.41) is 9.16. The lowest BCUT2D eigenvalue weighted by molar-refractivity contribution is 0.0763. The van der Waals surface area contributed by atoms with Crippen molar-refractivity contribution in [2.75, 3.05) is 0 Å². The molecule has 0 aliphatic heterocycles. The quantitative estimate of drug-likeness (QED) is 0.846. The number of carbonyl (C=O) groups is 1. The van der Waals surface area contributed by atoms with Crippen LogP contribution in [0.1, 0.15) is 39.0 Å². The minimum absolute atomic E-state index is 0.0281.